The number of fused-ring (bicyclic) bond motifs is 1. The quantitative estimate of drug-likeness (QED) is 0.775. The predicted molar refractivity (Wildman–Crippen MR) is 62.1 cm³/mol. The molecule has 1 aromatic heterocycles. The Morgan fingerprint density at radius 1 is 1.44 bits per heavy atom. The van der Waals surface area contributed by atoms with Crippen molar-refractivity contribution in [3.63, 3.8) is 0 Å². The van der Waals surface area contributed by atoms with Crippen LogP contribution in [0.2, 0.25) is 0 Å². The summed E-state index contributed by atoms with van der Waals surface area (Å²) < 4.78 is 5.60. The number of rotatable bonds is 5. The zero-order valence-electron chi connectivity index (χ0n) is 9.91. The minimum Gasteiger partial charge on any atom is -0.448 e. The second-order valence-electron chi connectivity index (χ2n) is 5.12. The standard InChI is InChI=1S/C13H20N2O/c1-2-6-14-7-11-13(16-8-15-11)12-9-4-3-5-10(9)12/h8-10,12,14H,2-7H2,1H3. The first-order chi connectivity index (χ1) is 7.92. The normalized spacial score (nSPS) is 31.7. The molecule has 0 aliphatic heterocycles. The Kier molecular flexibility index (Phi) is 2.72. The van der Waals surface area contributed by atoms with E-state index < -0.39 is 0 Å². The lowest BCUT2D eigenvalue weighted by Crippen LogP contribution is -2.15. The highest BCUT2D eigenvalue weighted by Crippen LogP contribution is 2.63. The molecule has 2 aliphatic rings. The molecule has 2 aliphatic carbocycles. The van der Waals surface area contributed by atoms with Gasteiger partial charge < -0.3 is 9.73 Å². The molecular formula is C13H20N2O. The summed E-state index contributed by atoms with van der Waals surface area (Å²) in [7, 11) is 0. The van der Waals surface area contributed by atoms with Crippen molar-refractivity contribution in [2.24, 2.45) is 11.8 Å². The minimum absolute atomic E-state index is 0.703. The molecule has 3 nitrogen and oxygen atoms in total. The summed E-state index contributed by atoms with van der Waals surface area (Å²) in [6.45, 7) is 4.11. The third-order valence-electron chi connectivity index (χ3n) is 4.10. The van der Waals surface area contributed by atoms with Gasteiger partial charge in [0.2, 0.25) is 0 Å². The van der Waals surface area contributed by atoms with Crippen LogP contribution in [0.5, 0.6) is 0 Å². The van der Waals surface area contributed by atoms with Gasteiger partial charge in [0.05, 0.1) is 5.69 Å². The molecule has 88 valence electrons. The van der Waals surface area contributed by atoms with Gasteiger partial charge in [0, 0.05) is 12.5 Å². The summed E-state index contributed by atoms with van der Waals surface area (Å²) in [6, 6.07) is 0. The molecule has 2 unspecified atom stereocenters. The lowest BCUT2D eigenvalue weighted by Gasteiger charge is -2.04. The van der Waals surface area contributed by atoms with Crippen molar-refractivity contribution in [3.8, 4) is 0 Å². The average Bonchev–Trinajstić information content (AvgIpc) is 2.75. The molecule has 2 atom stereocenters. The van der Waals surface area contributed by atoms with Gasteiger partial charge >= 0.3 is 0 Å². The zero-order chi connectivity index (χ0) is 11.0. The molecule has 16 heavy (non-hydrogen) atoms. The molecular weight excluding hydrogens is 200 g/mol. The molecule has 3 rings (SSSR count). The number of aromatic nitrogens is 1. The van der Waals surface area contributed by atoms with Crippen LogP contribution in [0.3, 0.4) is 0 Å². The number of hydrogen-bond acceptors (Lipinski definition) is 3. The third-order valence-corrected chi connectivity index (χ3v) is 4.10. The van der Waals surface area contributed by atoms with E-state index in [1.165, 1.54) is 31.4 Å². The van der Waals surface area contributed by atoms with Crippen LogP contribution < -0.4 is 5.32 Å². The fourth-order valence-corrected chi connectivity index (χ4v) is 3.28. The molecule has 0 bridgehead atoms. The number of nitrogens with zero attached hydrogens (tertiary/aromatic N) is 1. The van der Waals surface area contributed by atoms with Gasteiger partial charge in [-0.3, -0.25) is 0 Å². The van der Waals surface area contributed by atoms with Gasteiger partial charge in [-0.05, 0) is 37.6 Å². The van der Waals surface area contributed by atoms with E-state index >= 15 is 0 Å². The smallest absolute Gasteiger partial charge is 0.181 e. The van der Waals surface area contributed by atoms with Crippen molar-refractivity contribution in [1.82, 2.24) is 10.3 Å². The Hall–Kier alpha value is -0.830. The van der Waals surface area contributed by atoms with E-state index in [1.807, 2.05) is 0 Å². The van der Waals surface area contributed by atoms with Crippen molar-refractivity contribution < 1.29 is 4.42 Å². The summed E-state index contributed by atoms with van der Waals surface area (Å²) in [6.07, 6.45) is 7.01. The fraction of sp³-hybridized carbons (Fsp3) is 0.769. The van der Waals surface area contributed by atoms with Crippen LogP contribution in [-0.4, -0.2) is 11.5 Å². The largest absolute Gasteiger partial charge is 0.448 e. The molecule has 0 spiro atoms. The summed E-state index contributed by atoms with van der Waals surface area (Å²) in [4.78, 5) is 4.35. The average molecular weight is 220 g/mol. The maximum atomic E-state index is 5.60. The maximum absolute atomic E-state index is 5.60. The molecule has 0 saturated heterocycles. The molecule has 3 heteroatoms. The fourth-order valence-electron chi connectivity index (χ4n) is 3.28. The van der Waals surface area contributed by atoms with Crippen molar-refractivity contribution in [2.75, 3.05) is 6.54 Å². The molecule has 1 aromatic rings. The van der Waals surface area contributed by atoms with E-state index in [9.17, 15) is 0 Å². The second-order valence-corrected chi connectivity index (χ2v) is 5.12. The Labute approximate surface area is 96.6 Å². The van der Waals surface area contributed by atoms with Crippen LogP contribution in [0.25, 0.3) is 0 Å². The van der Waals surface area contributed by atoms with Gasteiger partial charge in [0.25, 0.3) is 0 Å². The van der Waals surface area contributed by atoms with Crippen LogP contribution in [0.15, 0.2) is 10.8 Å². The van der Waals surface area contributed by atoms with E-state index in [-0.39, 0.29) is 0 Å². The summed E-state index contributed by atoms with van der Waals surface area (Å²) in [5.74, 6) is 3.71. The highest BCUT2D eigenvalue weighted by molar-refractivity contribution is 5.25. The first-order valence-electron chi connectivity index (χ1n) is 6.54. The first kappa shape index (κ1) is 10.3. The molecule has 0 amide bonds. The maximum Gasteiger partial charge on any atom is 0.181 e. The van der Waals surface area contributed by atoms with E-state index in [0.717, 1.165) is 30.6 Å². The van der Waals surface area contributed by atoms with Crippen LogP contribution >= 0.6 is 0 Å². The van der Waals surface area contributed by atoms with E-state index in [1.54, 1.807) is 6.39 Å². The van der Waals surface area contributed by atoms with Gasteiger partial charge in [-0.25, -0.2) is 4.98 Å². The first-order valence-corrected chi connectivity index (χ1v) is 6.54. The number of nitrogens with one attached hydrogen (secondary N) is 1. The topological polar surface area (TPSA) is 38.1 Å². The van der Waals surface area contributed by atoms with E-state index in [4.69, 9.17) is 4.42 Å². The predicted octanol–water partition coefficient (Wildman–Crippen LogP) is 2.69. The van der Waals surface area contributed by atoms with Gasteiger partial charge in [-0.15, -0.1) is 0 Å². The molecule has 1 heterocycles. The highest BCUT2D eigenvalue weighted by Gasteiger charge is 2.55. The minimum atomic E-state index is 0.703. The summed E-state index contributed by atoms with van der Waals surface area (Å²) >= 11 is 0. The van der Waals surface area contributed by atoms with E-state index in [0.29, 0.717) is 5.92 Å². The SMILES string of the molecule is CCCNCc1ncoc1C1C2CCCC21. The third kappa shape index (κ3) is 1.67. The number of oxazole rings is 1. The lowest BCUT2D eigenvalue weighted by molar-refractivity contribution is 0.475. The van der Waals surface area contributed by atoms with Crippen LogP contribution in [0.1, 0.15) is 50.0 Å². The van der Waals surface area contributed by atoms with Crippen molar-refractivity contribution in [2.45, 2.75) is 45.1 Å². The van der Waals surface area contributed by atoms with Gasteiger partial charge in [0.15, 0.2) is 6.39 Å². The molecule has 0 aromatic carbocycles. The Morgan fingerprint density at radius 3 is 3.00 bits per heavy atom. The summed E-state index contributed by atoms with van der Waals surface area (Å²) in [5.41, 5.74) is 1.15. The van der Waals surface area contributed by atoms with Crippen LogP contribution in [0, 0.1) is 11.8 Å². The Balaban J connectivity index is 1.64. The van der Waals surface area contributed by atoms with Gasteiger partial charge in [-0.1, -0.05) is 13.3 Å². The molecule has 1 N–H and O–H groups in total. The lowest BCUT2D eigenvalue weighted by atomic mass is 10.1. The van der Waals surface area contributed by atoms with E-state index in [2.05, 4.69) is 17.2 Å². The van der Waals surface area contributed by atoms with Crippen LogP contribution in [-0.2, 0) is 6.54 Å². The monoisotopic (exact) mass is 220 g/mol. The van der Waals surface area contributed by atoms with Crippen molar-refractivity contribution >= 4 is 0 Å². The van der Waals surface area contributed by atoms with Gasteiger partial charge in [-0.2, -0.15) is 0 Å². The van der Waals surface area contributed by atoms with Crippen LogP contribution in [0.4, 0.5) is 0 Å². The van der Waals surface area contributed by atoms with Gasteiger partial charge in [0.1, 0.15) is 5.76 Å². The van der Waals surface area contributed by atoms with Crippen molar-refractivity contribution in [3.05, 3.63) is 17.8 Å². The highest BCUT2D eigenvalue weighted by atomic mass is 16.3. The zero-order valence-corrected chi connectivity index (χ0v) is 9.91. The second kappa shape index (κ2) is 4.21. The Bertz CT molecular complexity index is 351. The molecule has 0 radical (unpaired) electrons. The molecule has 2 fully saturated rings. The summed E-state index contributed by atoms with van der Waals surface area (Å²) in [5, 5.41) is 3.40. The molecule has 2 saturated carbocycles. The van der Waals surface area contributed by atoms with Crippen molar-refractivity contribution in [1.29, 1.82) is 0 Å². The number of hydrogen-bond donors (Lipinski definition) is 1. The Morgan fingerprint density at radius 2 is 2.25 bits per heavy atom.